The highest BCUT2D eigenvalue weighted by Gasteiger charge is 2.61. The zero-order valence-corrected chi connectivity index (χ0v) is 18.6. The lowest BCUT2D eigenvalue weighted by atomic mass is 10.1. The van der Waals surface area contributed by atoms with Gasteiger partial charge in [-0.05, 0) is 49.1 Å². The first-order chi connectivity index (χ1) is 13.0. The summed E-state index contributed by atoms with van der Waals surface area (Å²) in [6.45, 7) is 11.0. The van der Waals surface area contributed by atoms with E-state index in [1.165, 1.54) is 11.1 Å². The van der Waals surface area contributed by atoms with Gasteiger partial charge >= 0.3 is 0 Å². The van der Waals surface area contributed by atoms with Crippen molar-refractivity contribution in [2.45, 2.75) is 60.0 Å². The van der Waals surface area contributed by atoms with Crippen molar-refractivity contribution in [3.05, 3.63) is 47.0 Å². The van der Waals surface area contributed by atoms with E-state index in [1.54, 1.807) is 0 Å². The maximum absolute atomic E-state index is 13.5. The molecule has 1 aliphatic carbocycles. The van der Waals surface area contributed by atoms with E-state index in [4.69, 9.17) is 0 Å². The zero-order chi connectivity index (χ0) is 20.7. The molecule has 3 atom stereocenters. The van der Waals surface area contributed by atoms with Crippen LogP contribution in [-0.2, 0) is 27.6 Å². The number of amides is 1. The maximum atomic E-state index is 13.5. The lowest BCUT2D eigenvalue weighted by Crippen LogP contribution is -2.42. The van der Waals surface area contributed by atoms with E-state index in [0.29, 0.717) is 13.0 Å². The molecule has 0 spiro atoms. The summed E-state index contributed by atoms with van der Waals surface area (Å²) in [7, 11) is -3.05. The number of benzene rings is 1. The minimum absolute atomic E-state index is 0.0689. The standard InChI is InChI=1S/C23H33NO3S/c1-6-17-7-9-18(10-8-17)14-24(19-11-12-28(26,27)15-19)22(25)21-20(13-16(2)3)23(21,4)5/h7-10,13,19-21H,6,11-12,14-15H2,1-5H3/t19-,20+,21-/m1/s1. The van der Waals surface area contributed by atoms with E-state index in [9.17, 15) is 13.2 Å². The summed E-state index contributed by atoms with van der Waals surface area (Å²) in [6, 6.07) is 8.10. The smallest absolute Gasteiger partial charge is 0.227 e. The van der Waals surface area contributed by atoms with E-state index < -0.39 is 9.84 Å². The van der Waals surface area contributed by atoms with Crippen molar-refractivity contribution in [2.24, 2.45) is 17.3 Å². The average molecular weight is 404 g/mol. The van der Waals surface area contributed by atoms with Crippen LogP contribution >= 0.6 is 0 Å². The van der Waals surface area contributed by atoms with Crippen molar-refractivity contribution in [3.8, 4) is 0 Å². The van der Waals surface area contributed by atoms with Gasteiger partial charge in [0.05, 0.1) is 17.4 Å². The largest absolute Gasteiger partial charge is 0.334 e. The maximum Gasteiger partial charge on any atom is 0.227 e. The van der Waals surface area contributed by atoms with Gasteiger partial charge in [0.25, 0.3) is 0 Å². The van der Waals surface area contributed by atoms with Gasteiger partial charge in [-0.3, -0.25) is 4.79 Å². The Labute approximate surface area is 169 Å². The van der Waals surface area contributed by atoms with Crippen LogP contribution in [0.15, 0.2) is 35.9 Å². The Kier molecular flexibility index (Phi) is 5.77. The second-order valence-electron chi connectivity index (χ2n) is 9.26. The van der Waals surface area contributed by atoms with Crippen LogP contribution in [0.5, 0.6) is 0 Å². The topological polar surface area (TPSA) is 54.5 Å². The monoisotopic (exact) mass is 403 g/mol. The predicted molar refractivity (Wildman–Crippen MR) is 114 cm³/mol. The molecule has 0 N–H and O–H groups in total. The first-order valence-electron chi connectivity index (χ1n) is 10.3. The van der Waals surface area contributed by atoms with Crippen molar-refractivity contribution >= 4 is 15.7 Å². The Morgan fingerprint density at radius 1 is 1.18 bits per heavy atom. The number of sulfone groups is 1. The van der Waals surface area contributed by atoms with Crippen LogP contribution in [0.2, 0.25) is 0 Å². The molecule has 1 aromatic carbocycles. The number of allylic oxidation sites excluding steroid dienone is 2. The lowest BCUT2D eigenvalue weighted by Gasteiger charge is -2.29. The Hall–Kier alpha value is -1.62. The Morgan fingerprint density at radius 3 is 2.29 bits per heavy atom. The van der Waals surface area contributed by atoms with Crippen molar-refractivity contribution in [1.29, 1.82) is 0 Å². The molecule has 0 bridgehead atoms. The molecule has 2 fully saturated rings. The second kappa shape index (κ2) is 7.66. The van der Waals surface area contributed by atoms with Gasteiger partial charge in [0.1, 0.15) is 0 Å². The Bertz CT molecular complexity index is 864. The van der Waals surface area contributed by atoms with Crippen LogP contribution in [-0.4, -0.2) is 36.8 Å². The molecule has 28 heavy (non-hydrogen) atoms. The van der Waals surface area contributed by atoms with Gasteiger partial charge in [-0.15, -0.1) is 0 Å². The number of hydrogen-bond acceptors (Lipinski definition) is 3. The fourth-order valence-electron chi connectivity index (χ4n) is 4.48. The fraction of sp³-hybridized carbons (Fsp3) is 0.609. The Morgan fingerprint density at radius 2 is 1.79 bits per heavy atom. The molecule has 154 valence electrons. The van der Waals surface area contributed by atoms with Crippen LogP contribution in [0, 0.1) is 17.3 Å². The Balaban J connectivity index is 1.86. The fourth-order valence-corrected chi connectivity index (χ4v) is 6.21. The number of carbonyl (C=O) groups excluding carboxylic acids is 1. The van der Waals surface area contributed by atoms with Crippen LogP contribution in [0.3, 0.4) is 0 Å². The average Bonchev–Trinajstić information content (AvgIpc) is 2.95. The molecule has 1 saturated carbocycles. The zero-order valence-electron chi connectivity index (χ0n) is 17.7. The molecule has 2 aliphatic rings. The summed E-state index contributed by atoms with van der Waals surface area (Å²) in [6.07, 6.45) is 3.72. The molecular formula is C23H33NO3S. The van der Waals surface area contributed by atoms with Gasteiger partial charge in [-0.1, -0.05) is 56.7 Å². The first-order valence-corrected chi connectivity index (χ1v) is 12.1. The van der Waals surface area contributed by atoms with Crippen LogP contribution in [0.4, 0.5) is 0 Å². The normalized spacial score (nSPS) is 27.2. The quantitative estimate of drug-likeness (QED) is 0.675. The summed E-state index contributed by atoms with van der Waals surface area (Å²) in [5.74, 6) is 0.538. The molecule has 1 amide bonds. The van der Waals surface area contributed by atoms with Crippen molar-refractivity contribution in [2.75, 3.05) is 11.5 Å². The van der Waals surface area contributed by atoms with Gasteiger partial charge in [-0.2, -0.15) is 0 Å². The first kappa shape index (κ1) is 21.1. The van der Waals surface area contributed by atoms with E-state index in [0.717, 1.165) is 12.0 Å². The molecule has 4 nitrogen and oxygen atoms in total. The van der Waals surface area contributed by atoms with Crippen molar-refractivity contribution in [3.63, 3.8) is 0 Å². The van der Waals surface area contributed by atoms with Crippen molar-refractivity contribution in [1.82, 2.24) is 4.90 Å². The van der Waals surface area contributed by atoms with E-state index in [1.807, 2.05) is 4.90 Å². The third kappa shape index (κ3) is 4.35. The SMILES string of the molecule is CCc1ccc(CN(C(=O)[C@H]2[C@H](C=C(C)C)C2(C)C)[C@@H]2CCS(=O)(=O)C2)cc1. The van der Waals surface area contributed by atoms with E-state index >= 15 is 0 Å². The molecule has 1 aliphatic heterocycles. The highest BCUT2D eigenvalue weighted by atomic mass is 32.2. The van der Waals surface area contributed by atoms with Crippen LogP contribution in [0.1, 0.15) is 52.2 Å². The minimum atomic E-state index is -3.05. The van der Waals surface area contributed by atoms with Gasteiger partial charge in [0.15, 0.2) is 9.84 Å². The highest BCUT2D eigenvalue weighted by molar-refractivity contribution is 7.91. The van der Waals surface area contributed by atoms with Crippen LogP contribution < -0.4 is 0 Å². The van der Waals surface area contributed by atoms with Gasteiger partial charge in [-0.25, -0.2) is 8.42 Å². The van der Waals surface area contributed by atoms with Crippen LogP contribution in [0.25, 0.3) is 0 Å². The lowest BCUT2D eigenvalue weighted by molar-refractivity contribution is -0.136. The molecule has 5 heteroatoms. The number of aryl methyl sites for hydroxylation is 1. The number of nitrogens with zero attached hydrogens (tertiary/aromatic N) is 1. The second-order valence-corrected chi connectivity index (χ2v) is 11.5. The summed E-state index contributed by atoms with van der Waals surface area (Å²) in [5, 5.41) is 0. The van der Waals surface area contributed by atoms with E-state index in [2.05, 4.69) is 65.0 Å². The van der Waals surface area contributed by atoms with Crippen molar-refractivity contribution < 1.29 is 13.2 Å². The number of rotatable bonds is 6. The summed E-state index contributed by atoms with van der Waals surface area (Å²) in [5.41, 5.74) is 3.47. The number of carbonyl (C=O) groups is 1. The molecule has 1 aromatic rings. The minimum Gasteiger partial charge on any atom is -0.334 e. The molecule has 0 radical (unpaired) electrons. The summed E-state index contributed by atoms with van der Waals surface area (Å²) >= 11 is 0. The highest BCUT2D eigenvalue weighted by Crippen LogP contribution is 2.60. The molecule has 3 rings (SSSR count). The predicted octanol–water partition coefficient (Wildman–Crippen LogP) is 4.00. The van der Waals surface area contributed by atoms with Gasteiger partial charge in [0, 0.05) is 12.6 Å². The number of hydrogen-bond donors (Lipinski definition) is 0. The third-order valence-corrected chi connectivity index (χ3v) is 8.16. The molecule has 0 unspecified atom stereocenters. The van der Waals surface area contributed by atoms with E-state index in [-0.39, 0.29) is 40.7 Å². The molecular weight excluding hydrogens is 370 g/mol. The molecule has 0 aromatic heterocycles. The van der Waals surface area contributed by atoms with Gasteiger partial charge in [0.2, 0.25) is 5.91 Å². The summed E-state index contributed by atoms with van der Waals surface area (Å²) < 4.78 is 24.2. The molecule has 1 heterocycles. The van der Waals surface area contributed by atoms with Gasteiger partial charge < -0.3 is 4.90 Å². The molecule has 1 saturated heterocycles. The third-order valence-electron chi connectivity index (χ3n) is 6.41. The summed E-state index contributed by atoms with van der Waals surface area (Å²) in [4.78, 5) is 15.4.